The molecule has 1 saturated heterocycles. The number of nitrogens with zero attached hydrogens (tertiary/aromatic N) is 2. The number of carbonyl (C=O) groups is 1. The van der Waals surface area contributed by atoms with E-state index in [1.807, 2.05) is 31.2 Å². The van der Waals surface area contributed by atoms with Gasteiger partial charge in [0.15, 0.2) is 5.78 Å². The molecule has 1 heterocycles. The molecule has 0 aromatic heterocycles. The van der Waals surface area contributed by atoms with Crippen molar-refractivity contribution in [2.24, 2.45) is 0 Å². The molecular formula is C16H24N2O. The Labute approximate surface area is 116 Å². The van der Waals surface area contributed by atoms with Gasteiger partial charge < -0.3 is 4.90 Å². The van der Waals surface area contributed by atoms with Gasteiger partial charge in [0.05, 0.1) is 6.54 Å². The van der Waals surface area contributed by atoms with E-state index >= 15 is 0 Å². The van der Waals surface area contributed by atoms with Gasteiger partial charge in [0.2, 0.25) is 0 Å². The third kappa shape index (κ3) is 3.88. The van der Waals surface area contributed by atoms with Gasteiger partial charge in [-0.1, -0.05) is 23.8 Å². The van der Waals surface area contributed by atoms with Crippen LogP contribution in [0.25, 0.3) is 0 Å². The largest absolute Gasteiger partial charge is 0.306 e. The molecular weight excluding hydrogens is 236 g/mol. The van der Waals surface area contributed by atoms with Crippen LogP contribution in [0.15, 0.2) is 24.3 Å². The fourth-order valence-electron chi connectivity index (χ4n) is 2.70. The third-order valence-electron chi connectivity index (χ3n) is 4.04. The Morgan fingerprint density at radius 2 is 2.05 bits per heavy atom. The lowest BCUT2D eigenvalue weighted by Crippen LogP contribution is -2.43. The summed E-state index contributed by atoms with van der Waals surface area (Å²) in [5.41, 5.74) is 1.98. The van der Waals surface area contributed by atoms with Crippen molar-refractivity contribution < 1.29 is 4.79 Å². The van der Waals surface area contributed by atoms with Gasteiger partial charge in [-0.15, -0.1) is 0 Å². The molecule has 0 N–H and O–H groups in total. The van der Waals surface area contributed by atoms with Crippen LogP contribution < -0.4 is 0 Å². The van der Waals surface area contributed by atoms with Crippen LogP contribution >= 0.6 is 0 Å². The Morgan fingerprint density at radius 1 is 1.37 bits per heavy atom. The average Bonchev–Trinajstić information content (AvgIpc) is 2.39. The molecule has 3 nitrogen and oxygen atoms in total. The molecule has 1 aromatic carbocycles. The minimum atomic E-state index is 0.227. The lowest BCUT2D eigenvalue weighted by molar-refractivity contribution is 0.0871. The maximum absolute atomic E-state index is 12.3. The predicted octanol–water partition coefficient (Wildman–Crippen LogP) is 2.20. The number of ketones is 1. The minimum absolute atomic E-state index is 0.227. The first kappa shape index (κ1) is 14.2. The zero-order valence-electron chi connectivity index (χ0n) is 12.2. The molecule has 0 bridgehead atoms. The molecule has 3 heteroatoms. The molecule has 1 fully saturated rings. The highest BCUT2D eigenvalue weighted by Crippen LogP contribution is 2.15. The first-order valence-corrected chi connectivity index (χ1v) is 7.05. The van der Waals surface area contributed by atoms with E-state index in [4.69, 9.17) is 0 Å². The summed E-state index contributed by atoms with van der Waals surface area (Å²) < 4.78 is 0. The van der Waals surface area contributed by atoms with Crippen molar-refractivity contribution in [3.05, 3.63) is 35.4 Å². The molecule has 1 aromatic rings. The quantitative estimate of drug-likeness (QED) is 0.775. The molecule has 0 atom stereocenters. The highest BCUT2D eigenvalue weighted by atomic mass is 16.1. The lowest BCUT2D eigenvalue weighted by Gasteiger charge is -2.34. The molecule has 0 radical (unpaired) electrons. The summed E-state index contributed by atoms with van der Waals surface area (Å²) in [4.78, 5) is 16.8. The summed E-state index contributed by atoms with van der Waals surface area (Å²) in [6, 6.07) is 8.42. The summed E-state index contributed by atoms with van der Waals surface area (Å²) in [6.07, 6.45) is 2.32. The van der Waals surface area contributed by atoms with E-state index in [1.54, 1.807) is 0 Å². The van der Waals surface area contributed by atoms with Crippen LogP contribution in [-0.4, -0.2) is 55.4 Å². The molecule has 104 valence electrons. The number of benzene rings is 1. The second-order valence-corrected chi connectivity index (χ2v) is 5.74. The van der Waals surface area contributed by atoms with Gasteiger partial charge in [0.1, 0.15) is 0 Å². The molecule has 0 saturated carbocycles. The van der Waals surface area contributed by atoms with Crippen molar-refractivity contribution >= 4 is 5.78 Å². The van der Waals surface area contributed by atoms with Crippen molar-refractivity contribution in [2.75, 3.05) is 33.7 Å². The normalized spacial score (nSPS) is 17.9. The summed E-state index contributed by atoms with van der Waals surface area (Å²) in [7, 11) is 4.23. The molecule has 19 heavy (non-hydrogen) atoms. The number of piperidine rings is 1. The zero-order valence-corrected chi connectivity index (χ0v) is 12.2. The van der Waals surface area contributed by atoms with Crippen molar-refractivity contribution in [1.29, 1.82) is 0 Å². The maximum atomic E-state index is 12.3. The number of aryl methyl sites for hydroxylation is 1. The fourth-order valence-corrected chi connectivity index (χ4v) is 2.70. The average molecular weight is 260 g/mol. The van der Waals surface area contributed by atoms with E-state index in [2.05, 4.69) is 23.9 Å². The SMILES string of the molecule is Cc1cccc(C(=O)CN(C)C2CCN(C)CC2)c1. The fraction of sp³-hybridized carbons (Fsp3) is 0.562. The van der Waals surface area contributed by atoms with Crippen LogP contribution in [0.3, 0.4) is 0 Å². The number of Topliss-reactive ketones (excluding diaryl/α,β-unsaturated/α-hetero) is 1. The first-order chi connectivity index (χ1) is 9.06. The van der Waals surface area contributed by atoms with Crippen LogP contribution in [0.1, 0.15) is 28.8 Å². The van der Waals surface area contributed by atoms with Gasteiger partial charge in [0, 0.05) is 11.6 Å². The highest BCUT2D eigenvalue weighted by molar-refractivity contribution is 5.97. The van der Waals surface area contributed by atoms with E-state index in [1.165, 1.54) is 0 Å². The van der Waals surface area contributed by atoms with Crippen LogP contribution in [0.2, 0.25) is 0 Å². The van der Waals surface area contributed by atoms with E-state index in [9.17, 15) is 4.79 Å². The van der Waals surface area contributed by atoms with E-state index in [0.29, 0.717) is 12.6 Å². The van der Waals surface area contributed by atoms with Crippen molar-refractivity contribution in [3.8, 4) is 0 Å². The van der Waals surface area contributed by atoms with E-state index in [-0.39, 0.29) is 5.78 Å². The second-order valence-electron chi connectivity index (χ2n) is 5.74. The number of carbonyl (C=O) groups excluding carboxylic acids is 1. The number of hydrogen-bond donors (Lipinski definition) is 0. The van der Waals surface area contributed by atoms with Gasteiger partial charge >= 0.3 is 0 Å². The monoisotopic (exact) mass is 260 g/mol. The Morgan fingerprint density at radius 3 is 2.68 bits per heavy atom. The Balaban J connectivity index is 1.91. The lowest BCUT2D eigenvalue weighted by atomic mass is 10.0. The van der Waals surface area contributed by atoms with Crippen molar-refractivity contribution in [2.45, 2.75) is 25.8 Å². The Kier molecular flexibility index (Phi) is 4.72. The smallest absolute Gasteiger partial charge is 0.176 e. The van der Waals surface area contributed by atoms with Crippen LogP contribution in [0, 0.1) is 6.92 Å². The highest BCUT2D eigenvalue weighted by Gasteiger charge is 2.22. The third-order valence-corrected chi connectivity index (χ3v) is 4.04. The molecule has 2 rings (SSSR count). The molecule has 0 amide bonds. The molecule has 0 aliphatic carbocycles. The number of likely N-dealkylation sites (N-methyl/N-ethyl adjacent to an activating group) is 1. The number of hydrogen-bond acceptors (Lipinski definition) is 3. The second kappa shape index (κ2) is 6.31. The van der Waals surface area contributed by atoms with E-state index in [0.717, 1.165) is 37.1 Å². The van der Waals surface area contributed by atoms with Crippen LogP contribution in [0.5, 0.6) is 0 Å². The molecule has 1 aliphatic rings. The maximum Gasteiger partial charge on any atom is 0.176 e. The van der Waals surface area contributed by atoms with E-state index < -0.39 is 0 Å². The Hall–Kier alpha value is -1.19. The molecule has 0 spiro atoms. The minimum Gasteiger partial charge on any atom is -0.306 e. The predicted molar refractivity (Wildman–Crippen MR) is 78.7 cm³/mol. The van der Waals surface area contributed by atoms with Crippen LogP contribution in [-0.2, 0) is 0 Å². The van der Waals surface area contributed by atoms with Gasteiger partial charge in [-0.25, -0.2) is 0 Å². The summed E-state index contributed by atoms with van der Waals surface area (Å²) in [6.45, 7) is 4.82. The summed E-state index contributed by atoms with van der Waals surface area (Å²) in [5, 5.41) is 0. The molecule has 0 unspecified atom stereocenters. The molecule has 1 aliphatic heterocycles. The van der Waals surface area contributed by atoms with Crippen LogP contribution in [0.4, 0.5) is 0 Å². The first-order valence-electron chi connectivity index (χ1n) is 7.05. The summed E-state index contributed by atoms with van der Waals surface area (Å²) >= 11 is 0. The topological polar surface area (TPSA) is 23.6 Å². The zero-order chi connectivity index (χ0) is 13.8. The number of rotatable bonds is 4. The van der Waals surface area contributed by atoms with Gasteiger partial charge in [-0.2, -0.15) is 0 Å². The Bertz CT molecular complexity index is 436. The van der Waals surface area contributed by atoms with Crippen molar-refractivity contribution in [1.82, 2.24) is 9.80 Å². The van der Waals surface area contributed by atoms with Crippen molar-refractivity contribution in [3.63, 3.8) is 0 Å². The van der Waals surface area contributed by atoms with Gasteiger partial charge in [-0.3, -0.25) is 9.69 Å². The van der Waals surface area contributed by atoms with Gasteiger partial charge in [-0.05, 0) is 53.0 Å². The van der Waals surface area contributed by atoms with Gasteiger partial charge in [0.25, 0.3) is 0 Å². The number of likely N-dealkylation sites (tertiary alicyclic amines) is 1. The summed E-state index contributed by atoms with van der Waals surface area (Å²) in [5.74, 6) is 0.227. The standard InChI is InChI=1S/C16H24N2O/c1-13-5-4-6-14(11-13)16(19)12-18(3)15-7-9-17(2)10-8-15/h4-6,11,15H,7-10,12H2,1-3H3.